The summed E-state index contributed by atoms with van der Waals surface area (Å²) in [5.41, 5.74) is 6.32. The summed E-state index contributed by atoms with van der Waals surface area (Å²) < 4.78 is 10.7. The summed E-state index contributed by atoms with van der Waals surface area (Å²) in [4.78, 5) is 6.09. The molecular weight excluding hydrogens is 328 g/mol. The van der Waals surface area contributed by atoms with E-state index in [0.29, 0.717) is 5.75 Å². The molecule has 0 radical (unpaired) electrons. The van der Waals surface area contributed by atoms with Gasteiger partial charge in [-0.05, 0) is 59.9 Å². The second-order valence-electron chi connectivity index (χ2n) is 7.16. The summed E-state index contributed by atoms with van der Waals surface area (Å²) in [5.74, 6) is 1.66. The smallest absolute Gasteiger partial charge is 0.160 e. The maximum absolute atomic E-state index is 10.3. The van der Waals surface area contributed by atoms with Gasteiger partial charge in [0.05, 0.1) is 14.2 Å². The predicted octanol–water partition coefficient (Wildman–Crippen LogP) is 3.55. The van der Waals surface area contributed by atoms with E-state index in [-0.39, 0.29) is 11.8 Å². The average molecular weight is 350 g/mol. The minimum atomic E-state index is 0.222. The van der Waals surface area contributed by atoms with Crippen LogP contribution in [0.2, 0.25) is 0 Å². The van der Waals surface area contributed by atoms with Crippen LogP contribution in [-0.4, -0.2) is 35.8 Å². The van der Waals surface area contributed by atoms with Gasteiger partial charge < -0.3 is 19.6 Å². The number of methoxy groups -OCH3 is 2. The Balaban J connectivity index is 1.61. The van der Waals surface area contributed by atoms with Crippen molar-refractivity contribution in [3.05, 3.63) is 52.7 Å². The average Bonchev–Trinajstić information content (AvgIpc) is 3.02. The Labute approximate surface area is 152 Å². The Bertz CT molecular complexity index is 1010. The first-order chi connectivity index (χ1) is 12.7. The quantitative estimate of drug-likeness (QED) is 0.742. The molecule has 0 saturated heterocycles. The summed E-state index contributed by atoms with van der Waals surface area (Å²) in [6.07, 6.45) is 1.91. The second kappa shape index (κ2) is 5.68. The van der Waals surface area contributed by atoms with Crippen molar-refractivity contribution >= 4 is 10.9 Å². The van der Waals surface area contributed by atoms with Crippen molar-refractivity contribution in [1.29, 1.82) is 0 Å². The van der Waals surface area contributed by atoms with Crippen molar-refractivity contribution < 1.29 is 14.6 Å². The molecule has 0 aliphatic carbocycles. The van der Waals surface area contributed by atoms with Crippen LogP contribution in [-0.2, 0) is 19.4 Å². The van der Waals surface area contributed by atoms with Crippen molar-refractivity contribution in [2.45, 2.75) is 25.4 Å². The molecule has 0 amide bonds. The number of fused-ring (bicyclic) bond motifs is 6. The van der Waals surface area contributed by atoms with Crippen molar-refractivity contribution in [2.75, 3.05) is 20.8 Å². The third-order valence-electron chi connectivity index (χ3n) is 5.87. The summed E-state index contributed by atoms with van der Waals surface area (Å²) in [5, 5.41) is 11.5. The molecule has 5 heteroatoms. The highest BCUT2D eigenvalue weighted by atomic mass is 16.5. The third-order valence-corrected chi connectivity index (χ3v) is 5.87. The number of aromatic nitrogens is 1. The molecule has 3 aromatic rings. The van der Waals surface area contributed by atoms with Crippen LogP contribution in [0.25, 0.3) is 10.9 Å². The van der Waals surface area contributed by atoms with Gasteiger partial charge in [0.15, 0.2) is 11.5 Å². The number of aromatic amines is 1. The van der Waals surface area contributed by atoms with E-state index in [9.17, 15) is 5.11 Å². The first-order valence-corrected chi connectivity index (χ1v) is 8.99. The molecular formula is C21H22N2O3. The number of phenolic OH excluding ortho intramolecular Hbond substituents is 1. The molecule has 3 heterocycles. The maximum Gasteiger partial charge on any atom is 0.160 e. The molecule has 26 heavy (non-hydrogen) atoms. The number of nitrogens with one attached hydrogen (secondary N) is 1. The third kappa shape index (κ3) is 2.20. The lowest BCUT2D eigenvalue weighted by molar-refractivity contribution is 0.159. The molecule has 0 unspecified atom stereocenters. The molecule has 5 rings (SSSR count). The Hall–Kier alpha value is -2.66. The van der Waals surface area contributed by atoms with Crippen LogP contribution < -0.4 is 9.47 Å². The molecule has 2 aliphatic rings. The molecule has 0 fully saturated rings. The van der Waals surface area contributed by atoms with Crippen LogP contribution in [0.3, 0.4) is 0 Å². The fourth-order valence-corrected chi connectivity index (χ4v) is 4.54. The van der Waals surface area contributed by atoms with E-state index in [0.717, 1.165) is 37.2 Å². The van der Waals surface area contributed by atoms with Crippen molar-refractivity contribution in [2.24, 2.45) is 0 Å². The fourth-order valence-electron chi connectivity index (χ4n) is 4.54. The van der Waals surface area contributed by atoms with E-state index in [1.54, 1.807) is 14.2 Å². The van der Waals surface area contributed by atoms with Gasteiger partial charge >= 0.3 is 0 Å². The van der Waals surface area contributed by atoms with Gasteiger partial charge in [0.2, 0.25) is 0 Å². The Kier molecular flexibility index (Phi) is 3.40. The molecule has 0 saturated carbocycles. The topological polar surface area (TPSA) is 57.7 Å². The van der Waals surface area contributed by atoms with E-state index >= 15 is 0 Å². The number of phenols is 1. The van der Waals surface area contributed by atoms with E-state index in [2.05, 4.69) is 22.0 Å². The first kappa shape index (κ1) is 15.6. The lowest BCUT2D eigenvalue weighted by Gasteiger charge is -2.40. The summed E-state index contributed by atoms with van der Waals surface area (Å²) in [7, 11) is 3.30. The summed E-state index contributed by atoms with van der Waals surface area (Å²) >= 11 is 0. The number of aromatic hydroxyl groups is 1. The number of benzene rings is 2. The molecule has 0 bridgehead atoms. The van der Waals surface area contributed by atoms with E-state index < -0.39 is 0 Å². The highest BCUT2D eigenvalue weighted by molar-refractivity contribution is 5.86. The predicted molar refractivity (Wildman–Crippen MR) is 100 cm³/mol. The molecule has 2 aromatic carbocycles. The zero-order valence-electron chi connectivity index (χ0n) is 15.0. The van der Waals surface area contributed by atoms with Crippen LogP contribution in [0, 0.1) is 0 Å². The minimum Gasteiger partial charge on any atom is -0.504 e. The van der Waals surface area contributed by atoms with Crippen molar-refractivity contribution in [3.8, 4) is 17.2 Å². The Morgan fingerprint density at radius 3 is 2.85 bits per heavy atom. The van der Waals surface area contributed by atoms with Crippen molar-refractivity contribution in [3.63, 3.8) is 0 Å². The van der Waals surface area contributed by atoms with E-state index in [1.165, 1.54) is 27.8 Å². The van der Waals surface area contributed by atoms with Crippen LogP contribution in [0.1, 0.15) is 28.4 Å². The molecule has 2 N–H and O–H groups in total. The van der Waals surface area contributed by atoms with Gasteiger partial charge in [-0.2, -0.15) is 0 Å². The molecule has 1 aromatic heterocycles. The largest absolute Gasteiger partial charge is 0.504 e. The first-order valence-electron chi connectivity index (χ1n) is 8.99. The van der Waals surface area contributed by atoms with Gasteiger partial charge in [-0.25, -0.2) is 0 Å². The summed E-state index contributed by atoms with van der Waals surface area (Å²) in [6, 6.07) is 10.4. The minimum absolute atomic E-state index is 0.222. The SMILES string of the molecule is COc1ccc2[nH]c3c(c2c1)C[C@H]1c2cc(O)c(OC)cc2CCN1C3. The zero-order valence-corrected chi connectivity index (χ0v) is 15.0. The van der Waals surface area contributed by atoms with Crippen LogP contribution in [0.5, 0.6) is 17.2 Å². The lowest BCUT2D eigenvalue weighted by Crippen LogP contribution is -2.39. The summed E-state index contributed by atoms with van der Waals surface area (Å²) in [6.45, 7) is 1.92. The van der Waals surface area contributed by atoms with E-state index in [1.807, 2.05) is 18.2 Å². The Morgan fingerprint density at radius 1 is 1.15 bits per heavy atom. The van der Waals surface area contributed by atoms with Gasteiger partial charge in [0.1, 0.15) is 5.75 Å². The lowest BCUT2D eigenvalue weighted by atomic mass is 9.85. The highest BCUT2D eigenvalue weighted by Gasteiger charge is 2.34. The van der Waals surface area contributed by atoms with Crippen molar-refractivity contribution in [1.82, 2.24) is 9.88 Å². The molecule has 134 valence electrons. The van der Waals surface area contributed by atoms with Crippen LogP contribution in [0.4, 0.5) is 0 Å². The number of hydrogen-bond acceptors (Lipinski definition) is 4. The number of nitrogens with zero attached hydrogens (tertiary/aromatic N) is 1. The molecule has 1 atom stereocenters. The molecule has 5 nitrogen and oxygen atoms in total. The molecule has 0 spiro atoms. The highest BCUT2D eigenvalue weighted by Crippen LogP contribution is 2.43. The van der Waals surface area contributed by atoms with Gasteiger partial charge in [-0.1, -0.05) is 0 Å². The fraction of sp³-hybridized carbons (Fsp3) is 0.333. The zero-order chi connectivity index (χ0) is 17.8. The van der Waals surface area contributed by atoms with Gasteiger partial charge in [-0.3, -0.25) is 4.90 Å². The monoisotopic (exact) mass is 350 g/mol. The Morgan fingerprint density at radius 2 is 2.04 bits per heavy atom. The van der Waals surface area contributed by atoms with Crippen LogP contribution >= 0.6 is 0 Å². The second-order valence-corrected chi connectivity index (χ2v) is 7.16. The number of ether oxygens (including phenoxy) is 2. The standard InChI is InChI=1S/C21H22N2O3/c1-25-13-3-4-17-15(8-13)16-9-19-14-10-20(24)21(26-2)7-12(14)5-6-23(19)11-18(16)22-17/h3-4,7-8,10,19,22,24H,5-6,9,11H2,1-2H3/t19-/m0/s1. The number of H-pyrrole nitrogens is 1. The van der Waals surface area contributed by atoms with Gasteiger partial charge in [0, 0.05) is 35.7 Å². The maximum atomic E-state index is 10.3. The number of hydrogen-bond donors (Lipinski definition) is 2. The normalized spacial score (nSPS) is 18.9. The van der Waals surface area contributed by atoms with Gasteiger partial charge in [0.25, 0.3) is 0 Å². The number of rotatable bonds is 2. The van der Waals surface area contributed by atoms with Gasteiger partial charge in [-0.15, -0.1) is 0 Å². The van der Waals surface area contributed by atoms with Crippen LogP contribution in [0.15, 0.2) is 30.3 Å². The van der Waals surface area contributed by atoms with E-state index in [4.69, 9.17) is 9.47 Å². The molecule has 2 aliphatic heterocycles.